The molecule has 0 aliphatic heterocycles. The molecule has 0 saturated carbocycles. The van der Waals surface area contributed by atoms with Crippen LogP contribution in [0.1, 0.15) is 30.6 Å². The monoisotopic (exact) mass is 278 g/mol. The summed E-state index contributed by atoms with van der Waals surface area (Å²) in [6.07, 6.45) is -0.0509. The van der Waals surface area contributed by atoms with E-state index < -0.39 is 17.7 Å². The normalized spacial score (nSPS) is 12.2. The molecule has 0 aromatic heterocycles. The largest absolute Gasteiger partial charge is 0.489 e. The second-order valence-corrected chi connectivity index (χ2v) is 4.53. The van der Waals surface area contributed by atoms with E-state index in [-0.39, 0.29) is 6.61 Å². The summed E-state index contributed by atoms with van der Waals surface area (Å²) in [6.45, 7) is 1.91. The van der Waals surface area contributed by atoms with Crippen molar-refractivity contribution < 1.29 is 18.6 Å². The molecule has 20 heavy (non-hydrogen) atoms. The molecular formula is C16H16F2O2. The van der Waals surface area contributed by atoms with Gasteiger partial charge in [-0.3, -0.25) is 0 Å². The molecule has 0 radical (unpaired) electrons. The van der Waals surface area contributed by atoms with Gasteiger partial charge in [-0.15, -0.1) is 0 Å². The lowest BCUT2D eigenvalue weighted by molar-refractivity contribution is 0.166. The molecule has 2 nitrogen and oxygen atoms in total. The average molecular weight is 278 g/mol. The topological polar surface area (TPSA) is 29.5 Å². The first-order valence-corrected chi connectivity index (χ1v) is 6.45. The zero-order valence-corrected chi connectivity index (χ0v) is 11.1. The van der Waals surface area contributed by atoms with E-state index in [4.69, 9.17) is 4.74 Å². The minimum atomic E-state index is -0.634. The van der Waals surface area contributed by atoms with Crippen molar-refractivity contribution in [3.05, 3.63) is 65.2 Å². The van der Waals surface area contributed by atoms with Gasteiger partial charge in [-0.05, 0) is 30.2 Å². The fourth-order valence-electron chi connectivity index (χ4n) is 1.96. The van der Waals surface area contributed by atoms with Crippen LogP contribution in [-0.2, 0) is 6.61 Å². The average Bonchev–Trinajstić information content (AvgIpc) is 2.43. The molecule has 0 aliphatic rings. The van der Waals surface area contributed by atoms with Crippen molar-refractivity contribution in [1.82, 2.24) is 0 Å². The smallest absolute Gasteiger partial charge is 0.126 e. The third-order valence-electron chi connectivity index (χ3n) is 2.98. The molecule has 0 aliphatic carbocycles. The van der Waals surface area contributed by atoms with Gasteiger partial charge < -0.3 is 9.84 Å². The molecule has 2 rings (SSSR count). The summed E-state index contributed by atoms with van der Waals surface area (Å²) in [5.74, 6) is -0.748. The van der Waals surface area contributed by atoms with E-state index in [9.17, 15) is 13.9 Å². The van der Waals surface area contributed by atoms with Crippen molar-refractivity contribution in [3.8, 4) is 5.75 Å². The minimum Gasteiger partial charge on any atom is -0.489 e. The molecule has 0 amide bonds. The minimum absolute atomic E-state index is 0.0438. The molecular weight excluding hydrogens is 262 g/mol. The Kier molecular flexibility index (Phi) is 4.69. The summed E-state index contributed by atoms with van der Waals surface area (Å²) in [5, 5.41) is 9.90. The first kappa shape index (κ1) is 14.5. The van der Waals surface area contributed by atoms with Crippen molar-refractivity contribution in [1.29, 1.82) is 0 Å². The summed E-state index contributed by atoms with van der Waals surface area (Å²) in [6, 6.07) is 10.4. The van der Waals surface area contributed by atoms with Gasteiger partial charge in [0.15, 0.2) is 0 Å². The lowest BCUT2D eigenvalue weighted by Crippen LogP contribution is -2.03. The van der Waals surface area contributed by atoms with Gasteiger partial charge in [0.25, 0.3) is 0 Å². The molecule has 2 aromatic rings. The number of hydrogen-bond donors (Lipinski definition) is 1. The summed E-state index contributed by atoms with van der Waals surface area (Å²) in [4.78, 5) is 0. The number of ether oxygens (including phenoxy) is 1. The standard InChI is InChI=1S/C16H16F2O2/c1-2-15(19)14-5-3-4-6-16(14)20-10-11-7-12(17)9-13(18)8-11/h3-9,15,19H,2,10H2,1H3/t15-/m1/s1. The maximum Gasteiger partial charge on any atom is 0.126 e. The van der Waals surface area contributed by atoms with Crippen LogP contribution in [-0.4, -0.2) is 5.11 Å². The highest BCUT2D eigenvalue weighted by Gasteiger charge is 2.11. The summed E-state index contributed by atoms with van der Waals surface area (Å²) in [7, 11) is 0. The predicted molar refractivity (Wildman–Crippen MR) is 72.4 cm³/mol. The van der Waals surface area contributed by atoms with E-state index in [1.54, 1.807) is 18.2 Å². The fraction of sp³-hybridized carbons (Fsp3) is 0.250. The molecule has 1 N–H and O–H groups in total. The number of hydrogen-bond acceptors (Lipinski definition) is 2. The van der Waals surface area contributed by atoms with Gasteiger partial charge in [-0.25, -0.2) is 8.78 Å². The number of para-hydroxylation sites is 1. The first-order valence-electron chi connectivity index (χ1n) is 6.45. The van der Waals surface area contributed by atoms with Crippen LogP contribution in [0.2, 0.25) is 0 Å². The quantitative estimate of drug-likeness (QED) is 0.896. The van der Waals surface area contributed by atoms with E-state index >= 15 is 0 Å². The first-order chi connectivity index (χ1) is 9.60. The van der Waals surface area contributed by atoms with Crippen LogP contribution in [0.5, 0.6) is 5.75 Å². The third-order valence-corrected chi connectivity index (χ3v) is 2.98. The van der Waals surface area contributed by atoms with Crippen LogP contribution in [0, 0.1) is 11.6 Å². The summed E-state index contributed by atoms with van der Waals surface area (Å²) < 4.78 is 31.7. The van der Waals surface area contributed by atoms with Crippen LogP contribution >= 0.6 is 0 Å². The van der Waals surface area contributed by atoms with E-state index in [0.29, 0.717) is 23.3 Å². The van der Waals surface area contributed by atoms with Crippen LogP contribution in [0.4, 0.5) is 8.78 Å². The predicted octanol–water partition coefficient (Wildman–Crippen LogP) is 3.99. The van der Waals surface area contributed by atoms with Gasteiger partial charge in [0, 0.05) is 11.6 Å². The maximum atomic E-state index is 13.1. The molecule has 0 bridgehead atoms. The summed E-state index contributed by atoms with van der Waals surface area (Å²) >= 11 is 0. The Morgan fingerprint density at radius 3 is 2.40 bits per heavy atom. The van der Waals surface area contributed by atoms with E-state index in [0.717, 1.165) is 6.07 Å². The highest BCUT2D eigenvalue weighted by Crippen LogP contribution is 2.27. The van der Waals surface area contributed by atoms with Gasteiger partial charge in [0.2, 0.25) is 0 Å². The molecule has 106 valence electrons. The Hall–Kier alpha value is -1.94. The van der Waals surface area contributed by atoms with Crippen LogP contribution < -0.4 is 4.74 Å². The zero-order chi connectivity index (χ0) is 14.5. The Morgan fingerprint density at radius 2 is 1.75 bits per heavy atom. The third kappa shape index (κ3) is 3.54. The van der Waals surface area contributed by atoms with Gasteiger partial charge in [-0.1, -0.05) is 25.1 Å². The fourth-order valence-corrected chi connectivity index (χ4v) is 1.96. The Bertz CT molecular complexity index is 564. The Morgan fingerprint density at radius 1 is 1.10 bits per heavy atom. The zero-order valence-electron chi connectivity index (χ0n) is 11.1. The molecule has 2 aromatic carbocycles. The van der Waals surface area contributed by atoms with Crippen molar-refractivity contribution in [2.45, 2.75) is 26.1 Å². The SMILES string of the molecule is CC[C@@H](O)c1ccccc1OCc1cc(F)cc(F)c1. The highest BCUT2D eigenvalue weighted by atomic mass is 19.1. The highest BCUT2D eigenvalue weighted by molar-refractivity contribution is 5.35. The molecule has 1 atom stereocenters. The van der Waals surface area contributed by atoms with Crippen molar-refractivity contribution in [2.75, 3.05) is 0 Å². The van der Waals surface area contributed by atoms with Crippen molar-refractivity contribution >= 4 is 0 Å². The van der Waals surface area contributed by atoms with Crippen LogP contribution in [0.3, 0.4) is 0 Å². The molecule has 0 heterocycles. The molecule has 0 fully saturated rings. The second-order valence-electron chi connectivity index (χ2n) is 4.53. The van der Waals surface area contributed by atoms with E-state index in [1.807, 2.05) is 13.0 Å². The lowest BCUT2D eigenvalue weighted by Gasteiger charge is -2.15. The van der Waals surface area contributed by atoms with Gasteiger partial charge >= 0.3 is 0 Å². The maximum absolute atomic E-state index is 13.1. The van der Waals surface area contributed by atoms with Crippen LogP contribution in [0.25, 0.3) is 0 Å². The van der Waals surface area contributed by atoms with Crippen LogP contribution in [0.15, 0.2) is 42.5 Å². The Labute approximate surface area is 116 Å². The van der Waals surface area contributed by atoms with Gasteiger partial charge in [0.05, 0.1) is 6.10 Å². The van der Waals surface area contributed by atoms with Crippen molar-refractivity contribution in [3.63, 3.8) is 0 Å². The molecule has 0 unspecified atom stereocenters. The van der Waals surface area contributed by atoms with E-state index in [2.05, 4.69) is 0 Å². The number of aliphatic hydroxyl groups is 1. The molecule has 0 saturated heterocycles. The second kappa shape index (κ2) is 6.48. The number of benzene rings is 2. The molecule has 0 spiro atoms. The summed E-state index contributed by atoms with van der Waals surface area (Å²) in [5.41, 5.74) is 1.08. The van der Waals surface area contributed by atoms with Gasteiger partial charge in [0.1, 0.15) is 24.0 Å². The Balaban J connectivity index is 2.14. The van der Waals surface area contributed by atoms with Crippen molar-refractivity contribution in [2.24, 2.45) is 0 Å². The van der Waals surface area contributed by atoms with Gasteiger partial charge in [-0.2, -0.15) is 0 Å². The number of halogens is 2. The number of rotatable bonds is 5. The molecule has 4 heteroatoms. The van der Waals surface area contributed by atoms with E-state index in [1.165, 1.54) is 12.1 Å². The lowest BCUT2D eigenvalue weighted by atomic mass is 10.1. The number of aliphatic hydroxyl groups excluding tert-OH is 1.